The second kappa shape index (κ2) is 5.80. The monoisotopic (exact) mass is 224 g/mol. The topological polar surface area (TPSA) is 55.2 Å². The van der Waals surface area contributed by atoms with E-state index in [0.29, 0.717) is 18.2 Å². The number of hydrogen-bond acceptors (Lipinski definition) is 4. The van der Waals surface area contributed by atoms with Crippen LogP contribution in [0.2, 0.25) is 0 Å². The molecule has 0 aliphatic carbocycles. The molecule has 1 atom stereocenters. The molecule has 1 rings (SSSR count). The zero-order valence-electron chi connectivity index (χ0n) is 10.4. The molecule has 0 saturated heterocycles. The van der Waals surface area contributed by atoms with Gasteiger partial charge in [0.15, 0.2) is 0 Å². The van der Waals surface area contributed by atoms with Gasteiger partial charge in [-0.15, -0.1) is 0 Å². The number of nitrogens with zero attached hydrogens (tertiary/aromatic N) is 2. The Morgan fingerprint density at radius 2 is 2.06 bits per heavy atom. The molecule has 1 aromatic heterocycles. The fourth-order valence-corrected chi connectivity index (χ4v) is 1.73. The van der Waals surface area contributed by atoms with Crippen LogP contribution in [-0.4, -0.2) is 28.3 Å². The molecule has 0 amide bonds. The molecule has 0 aliphatic heterocycles. The molecule has 0 radical (unpaired) electrons. The molecule has 0 spiro atoms. The minimum Gasteiger partial charge on any atom is -0.481 e. The van der Waals surface area contributed by atoms with Crippen molar-refractivity contribution in [3.63, 3.8) is 0 Å². The van der Waals surface area contributed by atoms with Crippen LogP contribution in [-0.2, 0) is 6.42 Å². The number of methoxy groups -OCH3 is 1. The first-order valence-corrected chi connectivity index (χ1v) is 5.57. The summed E-state index contributed by atoms with van der Waals surface area (Å²) in [4.78, 5) is 8.19. The Labute approximate surface area is 96.7 Å². The minimum absolute atomic E-state index is 0.349. The molecule has 16 heavy (non-hydrogen) atoms. The van der Waals surface area contributed by atoms with Crippen molar-refractivity contribution in [2.24, 2.45) is 5.92 Å². The maximum absolute atomic E-state index is 9.86. The number of aromatic nitrogens is 2. The van der Waals surface area contributed by atoms with Crippen molar-refractivity contribution in [1.82, 2.24) is 9.97 Å². The van der Waals surface area contributed by atoms with Crippen molar-refractivity contribution in [2.45, 2.75) is 39.7 Å². The van der Waals surface area contributed by atoms with Gasteiger partial charge in [-0.25, -0.2) is 9.97 Å². The lowest BCUT2D eigenvalue weighted by molar-refractivity contribution is 0.147. The maximum Gasteiger partial charge on any atom is 0.219 e. The maximum atomic E-state index is 9.86. The van der Waals surface area contributed by atoms with Gasteiger partial charge in [0.25, 0.3) is 0 Å². The summed E-state index contributed by atoms with van der Waals surface area (Å²) in [6, 6.07) is 0. The first kappa shape index (κ1) is 12.9. The van der Waals surface area contributed by atoms with Crippen molar-refractivity contribution in [3.8, 4) is 5.88 Å². The average Bonchev–Trinajstić information content (AvgIpc) is 2.20. The first-order valence-electron chi connectivity index (χ1n) is 5.57. The van der Waals surface area contributed by atoms with Gasteiger partial charge >= 0.3 is 0 Å². The summed E-state index contributed by atoms with van der Waals surface area (Å²) in [5, 5.41) is 9.86. The zero-order valence-corrected chi connectivity index (χ0v) is 10.4. The average molecular weight is 224 g/mol. The summed E-state index contributed by atoms with van der Waals surface area (Å²) in [6.07, 6.45) is 2.47. The summed E-state index contributed by atoms with van der Waals surface area (Å²) in [6.45, 7) is 6.10. The highest BCUT2D eigenvalue weighted by molar-refractivity contribution is 5.28. The Kier molecular flexibility index (Phi) is 4.68. The SMILES string of the molecule is COc1ncnc(CC(O)CC(C)C)c1C. The number of ether oxygens (including phenoxy) is 1. The van der Waals surface area contributed by atoms with Crippen LogP contribution in [0.5, 0.6) is 5.88 Å². The van der Waals surface area contributed by atoms with E-state index < -0.39 is 0 Å². The van der Waals surface area contributed by atoms with Crippen molar-refractivity contribution >= 4 is 0 Å². The van der Waals surface area contributed by atoms with E-state index in [4.69, 9.17) is 4.74 Å². The molecule has 1 unspecified atom stereocenters. The number of aliphatic hydroxyl groups is 1. The lowest BCUT2D eigenvalue weighted by Crippen LogP contribution is -2.15. The predicted molar refractivity (Wildman–Crippen MR) is 62.5 cm³/mol. The largest absolute Gasteiger partial charge is 0.481 e. The third-order valence-electron chi connectivity index (χ3n) is 2.51. The van der Waals surface area contributed by atoms with Gasteiger partial charge in [0.1, 0.15) is 6.33 Å². The summed E-state index contributed by atoms with van der Waals surface area (Å²) in [5.74, 6) is 1.07. The van der Waals surface area contributed by atoms with E-state index in [9.17, 15) is 5.11 Å². The van der Waals surface area contributed by atoms with Crippen LogP contribution >= 0.6 is 0 Å². The summed E-state index contributed by atoms with van der Waals surface area (Å²) in [7, 11) is 1.59. The predicted octanol–water partition coefficient (Wildman–Crippen LogP) is 1.74. The molecule has 0 bridgehead atoms. The molecule has 4 nitrogen and oxygen atoms in total. The van der Waals surface area contributed by atoms with E-state index in [1.54, 1.807) is 7.11 Å². The third kappa shape index (κ3) is 3.45. The Hall–Kier alpha value is -1.16. The fraction of sp³-hybridized carbons (Fsp3) is 0.667. The molecule has 1 heterocycles. The molecule has 1 N–H and O–H groups in total. The van der Waals surface area contributed by atoms with Gasteiger partial charge in [-0.05, 0) is 19.3 Å². The summed E-state index contributed by atoms with van der Waals surface area (Å²) in [5.41, 5.74) is 1.77. The minimum atomic E-state index is -0.349. The van der Waals surface area contributed by atoms with Crippen LogP contribution in [0, 0.1) is 12.8 Å². The molecule has 0 aromatic carbocycles. The van der Waals surface area contributed by atoms with Gasteiger partial charge in [0.05, 0.1) is 18.9 Å². The third-order valence-corrected chi connectivity index (χ3v) is 2.51. The van der Waals surface area contributed by atoms with Crippen LogP contribution in [0.15, 0.2) is 6.33 Å². The fourth-order valence-electron chi connectivity index (χ4n) is 1.73. The van der Waals surface area contributed by atoms with Gasteiger partial charge < -0.3 is 9.84 Å². The van der Waals surface area contributed by atoms with Gasteiger partial charge in [-0.3, -0.25) is 0 Å². The van der Waals surface area contributed by atoms with Crippen LogP contribution in [0.1, 0.15) is 31.5 Å². The highest BCUT2D eigenvalue weighted by atomic mass is 16.5. The normalized spacial score (nSPS) is 12.9. The standard InChI is InChI=1S/C12H20N2O2/c1-8(2)5-10(15)6-11-9(3)12(16-4)14-7-13-11/h7-8,10,15H,5-6H2,1-4H3. The first-order chi connectivity index (χ1) is 7.54. The zero-order chi connectivity index (χ0) is 12.1. The number of hydrogen-bond donors (Lipinski definition) is 1. The van der Waals surface area contributed by atoms with Crippen LogP contribution in [0.25, 0.3) is 0 Å². The molecule has 4 heteroatoms. The molecule has 0 aliphatic rings. The molecule has 90 valence electrons. The Morgan fingerprint density at radius 3 is 2.62 bits per heavy atom. The summed E-state index contributed by atoms with van der Waals surface area (Å²) >= 11 is 0. The van der Waals surface area contributed by atoms with Crippen LogP contribution in [0.4, 0.5) is 0 Å². The Balaban J connectivity index is 2.73. The van der Waals surface area contributed by atoms with Crippen molar-refractivity contribution < 1.29 is 9.84 Å². The summed E-state index contributed by atoms with van der Waals surface area (Å²) < 4.78 is 5.12. The van der Waals surface area contributed by atoms with E-state index in [1.165, 1.54) is 6.33 Å². The Bertz CT molecular complexity index is 340. The van der Waals surface area contributed by atoms with Crippen molar-refractivity contribution in [3.05, 3.63) is 17.6 Å². The smallest absolute Gasteiger partial charge is 0.219 e. The number of aliphatic hydroxyl groups excluding tert-OH is 1. The van der Waals surface area contributed by atoms with E-state index in [-0.39, 0.29) is 6.10 Å². The van der Waals surface area contributed by atoms with Gasteiger partial charge in [0, 0.05) is 12.0 Å². The van der Waals surface area contributed by atoms with Crippen LogP contribution in [0.3, 0.4) is 0 Å². The quantitative estimate of drug-likeness (QED) is 0.827. The highest BCUT2D eigenvalue weighted by Crippen LogP contribution is 2.18. The second-order valence-electron chi connectivity index (χ2n) is 4.44. The molecular weight excluding hydrogens is 204 g/mol. The molecular formula is C12H20N2O2. The van der Waals surface area contributed by atoms with E-state index in [0.717, 1.165) is 17.7 Å². The second-order valence-corrected chi connectivity index (χ2v) is 4.44. The molecule has 0 saturated carbocycles. The van der Waals surface area contributed by atoms with Crippen LogP contribution < -0.4 is 4.74 Å². The van der Waals surface area contributed by atoms with Gasteiger partial charge in [-0.1, -0.05) is 13.8 Å². The Morgan fingerprint density at radius 1 is 1.38 bits per heavy atom. The number of rotatable bonds is 5. The van der Waals surface area contributed by atoms with E-state index in [2.05, 4.69) is 23.8 Å². The van der Waals surface area contributed by atoms with Gasteiger partial charge in [-0.2, -0.15) is 0 Å². The molecule has 1 aromatic rings. The van der Waals surface area contributed by atoms with E-state index >= 15 is 0 Å². The lowest BCUT2D eigenvalue weighted by atomic mass is 10.0. The highest BCUT2D eigenvalue weighted by Gasteiger charge is 2.13. The van der Waals surface area contributed by atoms with E-state index in [1.807, 2.05) is 6.92 Å². The molecule has 0 fully saturated rings. The van der Waals surface area contributed by atoms with Gasteiger partial charge in [0.2, 0.25) is 5.88 Å². The lowest BCUT2D eigenvalue weighted by Gasteiger charge is -2.14. The van der Waals surface area contributed by atoms with Crippen molar-refractivity contribution in [1.29, 1.82) is 0 Å². The van der Waals surface area contributed by atoms with Crippen molar-refractivity contribution in [2.75, 3.05) is 7.11 Å².